The Morgan fingerprint density at radius 2 is 1.31 bits per heavy atom. The zero-order chi connectivity index (χ0) is 47.0. The molecule has 0 aliphatic heterocycles. The molecule has 0 fully saturated rings. The number of hydrogen-bond acceptors (Lipinski definition) is 6. The van der Waals surface area contributed by atoms with Gasteiger partial charge in [0, 0.05) is 32.6 Å². The summed E-state index contributed by atoms with van der Waals surface area (Å²) in [5, 5.41) is 3.06. The summed E-state index contributed by atoms with van der Waals surface area (Å²) in [6, 6.07) is 46.4. The minimum atomic E-state index is -3.91. The Hall–Kier alpha value is -4.83. The summed E-state index contributed by atoms with van der Waals surface area (Å²) in [5.74, 6) is 0. The predicted molar refractivity (Wildman–Crippen MR) is 275 cm³/mol. The maximum absolute atomic E-state index is 14.7. The lowest BCUT2D eigenvalue weighted by Gasteiger charge is -2.43. The van der Waals surface area contributed by atoms with Gasteiger partial charge in [-0.25, -0.2) is 17.2 Å². The molecule has 12 heteroatoms. The van der Waals surface area contributed by atoms with Crippen LogP contribution in [0.2, 0.25) is 50.4 Å². The van der Waals surface area contributed by atoms with Crippen LogP contribution in [0.4, 0.5) is 4.79 Å². The molecule has 0 spiro atoms. The monoisotopic (exact) mass is 944 g/mol. The Bertz CT molecular complexity index is 2590. The third-order valence-corrected chi connectivity index (χ3v) is 20.7. The zero-order valence-electron chi connectivity index (χ0n) is 40.0. The molecule has 5 aromatic carbocycles. The number of benzene rings is 5. The number of rotatable bonds is 19. The van der Waals surface area contributed by atoms with Gasteiger partial charge in [0.2, 0.25) is 0 Å². The molecule has 1 amide bonds. The molecule has 8 nitrogen and oxygen atoms in total. The molecule has 1 aromatic heterocycles. The highest BCUT2D eigenvalue weighted by molar-refractivity contribution is 7.90. The molecule has 0 aliphatic rings. The van der Waals surface area contributed by atoms with E-state index in [1.807, 2.05) is 73.7 Å². The summed E-state index contributed by atoms with van der Waals surface area (Å²) >= 11 is 0. The van der Waals surface area contributed by atoms with Gasteiger partial charge in [-0.2, -0.15) is 0 Å². The van der Waals surface area contributed by atoms with E-state index in [4.69, 9.17) is 13.6 Å². The molecule has 344 valence electrons. The molecule has 0 aliphatic carbocycles. The molecule has 1 unspecified atom stereocenters. The summed E-state index contributed by atoms with van der Waals surface area (Å²) in [6.45, 7) is 23.1. The average molecular weight is 945 g/mol. The molecule has 0 saturated heterocycles. The third kappa shape index (κ3) is 12.5. The number of ether oxygens (including phenoxy) is 1. The molecule has 65 heavy (non-hydrogen) atoms. The van der Waals surface area contributed by atoms with Gasteiger partial charge in [-0.1, -0.05) is 179 Å². The topological polar surface area (TPSA) is 87.1 Å². The fourth-order valence-electron chi connectivity index (χ4n) is 8.64. The van der Waals surface area contributed by atoms with E-state index in [-0.39, 0.29) is 23.1 Å². The number of aromatic nitrogens is 1. The van der Waals surface area contributed by atoms with Crippen LogP contribution in [0, 0.1) is 6.92 Å². The molecule has 6 aromatic rings. The molecule has 1 atom stereocenters. The van der Waals surface area contributed by atoms with Crippen LogP contribution in [-0.4, -0.2) is 67.5 Å². The van der Waals surface area contributed by atoms with Gasteiger partial charge in [-0.3, -0.25) is 4.90 Å². The highest BCUT2D eigenvalue weighted by Crippen LogP contribution is 2.37. The quantitative estimate of drug-likeness (QED) is 0.0457. The van der Waals surface area contributed by atoms with Gasteiger partial charge in [0.25, 0.3) is 18.3 Å². The summed E-state index contributed by atoms with van der Waals surface area (Å²) in [6.07, 6.45) is 3.68. The zero-order valence-corrected chi connectivity index (χ0v) is 43.8. The first-order valence-electron chi connectivity index (χ1n) is 22.7. The van der Waals surface area contributed by atoms with E-state index in [1.54, 1.807) is 23.2 Å². The van der Waals surface area contributed by atoms with Crippen LogP contribution in [0.5, 0.6) is 0 Å². The number of amides is 1. The minimum absolute atomic E-state index is 0.105. The Morgan fingerprint density at radius 3 is 1.86 bits per heavy atom. The van der Waals surface area contributed by atoms with E-state index < -0.39 is 47.1 Å². The van der Waals surface area contributed by atoms with Crippen molar-refractivity contribution in [1.82, 2.24) is 8.87 Å². The van der Waals surface area contributed by atoms with Gasteiger partial charge in [0.15, 0.2) is 8.32 Å². The predicted octanol–water partition coefficient (Wildman–Crippen LogP) is 11.8. The lowest BCUT2D eigenvalue weighted by atomic mass is 10.1. The van der Waals surface area contributed by atoms with Crippen molar-refractivity contribution in [2.24, 2.45) is 0 Å². The van der Waals surface area contributed by atoms with E-state index >= 15 is 0 Å². The van der Waals surface area contributed by atoms with Gasteiger partial charge in [0.05, 0.1) is 17.0 Å². The summed E-state index contributed by atoms with van der Waals surface area (Å²) in [7, 11) is -10.8. The second-order valence-electron chi connectivity index (χ2n) is 20.2. The van der Waals surface area contributed by atoms with Gasteiger partial charge in [0.1, 0.15) is 12.8 Å². The van der Waals surface area contributed by atoms with Crippen molar-refractivity contribution >= 4 is 62.1 Å². The highest BCUT2D eigenvalue weighted by atomic mass is 32.2. The Balaban J connectivity index is 1.39. The van der Waals surface area contributed by atoms with E-state index in [1.165, 1.54) is 19.9 Å². The standard InChI is InChI=1S/C53H68N2O6SSi3/c1-42-30-32-46(33-31-42)62(57,58)55-39-45(49-28-20-21-29-50(49)55)34-36-54(52(56)59-40-43-22-14-11-15-23-43)51(61-64(8,9)10)38-44(41-63(5,6)7)35-37-60-65(53(2,3)4,47-24-16-12-17-25-47)48-26-18-13-19-27-48/h11-33,35,39,51H,34,36-38,40-41H2,1-10H3/b44-35-. The van der Waals surface area contributed by atoms with Crippen molar-refractivity contribution in [3.05, 3.63) is 174 Å². The SMILES string of the molecule is Cc1ccc(S(=O)(=O)n2cc(CCN(C(=O)OCc3ccccc3)C(C/C(=C/CO[Si](c3ccccc3)(c3ccccc3)C(C)(C)C)C[Si](C)(C)C)O[Si](C)(C)C)c3ccccc32)cc1. The fraction of sp³-hybridized carbons (Fsp3) is 0.340. The van der Waals surface area contributed by atoms with Crippen molar-refractivity contribution in [3.8, 4) is 0 Å². The van der Waals surface area contributed by atoms with E-state index in [0.717, 1.165) is 28.1 Å². The van der Waals surface area contributed by atoms with E-state index in [9.17, 15) is 13.2 Å². The lowest BCUT2D eigenvalue weighted by Crippen LogP contribution is -2.66. The first-order valence-corrected chi connectivity index (χ1v) is 33.1. The number of carbonyl (C=O) groups excluding carboxylic acids is 1. The normalized spacial score (nSPS) is 13.5. The number of hydrogen-bond donors (Lipinski definition) is 0. The lowest BCUT2D eigenvalue weighted by molar-refractivity contribution is 0.00869. The summed E-state index contributed by atoms with van der Waals surface area (Å²) in [5.41, 5.74) is 4.43. The van der Waals surface area contributed by atoms with Crippen LogP contribution in [0.25, 0.3) is 10.9 Å². The van der Waals surface area contributed by atoms with Gasteiger partial charge >= 0.3 is 6.09 Å². The van der Waals surface area contributed by atoms with E-state index in [0.29, 0.717) is 25.0 Å². The maximum atomic E-state index is 14.7. The Labute approximate surface area is 391 Å². The first kappa shape index (κ1) is 49.6. The first-order chi connectivity index (χ1) is 30.7. The van der Waals surface area contributed by atoms with Crippen LogP contribution >= 0.6 is 0 Å². The molecule has 0 bridgehead atoms. The smallest absolute Gasteiger partial charge is 0.412 e. The largest absolute Gasteiger partial charge is 0.444 e. The van der Waals surface area contributed by atoms with Crippen molar-refractivity contribution in [3.63, 3.8) is 0 Å². The maximum Gasteiger partial charge on any atom is 0.412 e. The van der Waals surface area contributed by atoms with Gasteiger partial charge < -0.3 is 13.6 Å². The summed E-state index contributed by atoms with van der Waals surface area (Å²) in [4.78, 5) is 16.6. The molecule has 0 saturated carbocycles. The third-order valence-electron chi connectivity index (χ3n) is 11.5. The molecule has 0 N–H and O–H groups in total. The van der Waals surface area contributed by atoms with Crippen LogP contribution < -0.4 is 10.4 Å². The van der Waals surface area contributed by atoms with Crippen LogP contribution in [0.1, 0.15) is 43.9 Å². The molecular formula is C53H68N2O6SSi3. The van der Waals surface area contributed by atoms with Crippen LogP contribution in [-0.2, 0) is 36.6 Å². The number of nitrogens with zero attached hydrogens (tertiary/aromatic N) is 2. The van der Waals surface area contributed by atoms with Gasteiger partial charge in [-0.05, 0) is 83.8 Å². The highest BCUT2D eigenvalue weighted by Gasteiger charge is 2.50. The van der Waals surface area contributed by atoms with Crippen LogP contribution in [0.3, 0.4) is 0 Å². The summed E-state index contributed by atoms with van der Waals surface area (Å²) < 4.78 is 50.3. The molecule has 0 radical (unpaired) electrons. The number of fused-ring (bicyclic) bond motifs is 1. The van der Waals surface area contributed by atoms with E-state index in [2.05, 4.69) is 127 Å². The number of carbonyl (C=O) groups is 1. The van der Waals surface area contributed by atoms with Crippen molar-refractivity contribution in [2.45, 2.75) is 109 Å². The Kier molecular flexibility index (Phi) is 15.9. The van der Waals surface area contributed by atoms with Crippen molar-refractivity contribution in [2.75, 3.05) is 13.2 Å². The minimum Gasteiger partial charge on any atom is -0.444 e. The van der Waals surface area contributed by atoms with Crippen molar-refractivity contribution in [1.29, 1.82) is 0 Å². The molecule has 1 heterocycles. The Morgan fingerprint density at radius 1 is 0.754 bits per heavy atom. The second kappa shape index (κ2) is 20.8. The average Bonchev–Trinajstić information content (AvgIpc) is 3.63. The number of aryl methyl sites for hydroxylation is 1. The molecule has 6 rings (SSSR count). The second-order valence-corrected chi connectivity index (χ2v) is 36.3. The van der Waals surface area contributed by atoms with Crippen LogP contribution in [0.15, 0.2) is 162 Å². The fourth-order valence-corrected chi connectivity index (χ4v) is 17.2. The van der Waals surface area contributed by atoms with Gasteiger partial charge in [-0.15, -0.1) is 0 Å². The van der Waals surface area contributed by atoms with Crippen molar-refractivity contribution < 1.29 is 26.8 Å². The number of para-hydroxylation sites is 1. The molecular weight excluding hydrogens is 877 g/mol.